The van der Waals surface area contributed by atoms with Crippen molar-refractivity contribution in [2.75, 3.05) is 13.1 Å². The average molecular weight is 477 g/mol. The third-order valence-electron chi connectivity index (χ3n) is 4.87. The van der Waals surface area contributed by atoms with E-state index < -0.39 is 17.6 Å². The van der Waals surface area contributed by atoms with Crippen molar-refractivity contribution < 1.29 is 23.5 Å². The Bertz CT molecular complexity index is 1080. The van der Waals surface area contributed by atoms with Gasteiger partial charge in [0.2, 0.25) is 0 Å². The van der Waals surface area contributed by atoms with E-state index >= 15 is 0 Å². The molecule has 33 heavy (non-hydrogen) atoms. The summed E-state index contributed by atoms with van der Waals surface area (Å²) in [4.78, 5) is 21.8. The first-order valence-electron chi connectivity index (χ1n) is 10.5. The minimum atomic E-state index is -0.687. The fraction of sp³-hybridized carbons (Fsp3) is 0.476. The first kappa shape index (κ1) is 23.1. The van der Waals surface area contributed by atoms with Gasteiger partial charge in [-0.25, -0.2) is 18.9 Å². The Labute approximate surface area is 194 Å². The van der Waals surface area contributed by atoms with Crippen molar-refractivity contribution >= 4 is 17.5 Å². The maximum absolute atomic E-state index is 14.4. The number of ether oxygens (including phenoxy) is 2. The number of aromatic nitrogens is 5. The van der Waals surface area contributed by atoms with E-state index in [9.17, 15) is 9.18 Å². The molecule has 176 valence electrons. The van der Waals surface area contributed by atoms with Gasteiger partial charge in [0.25, 0.3) is 0 Å². The number of hydrogen-bond donors (Lipinski definition) is 0. The van der Waals surface area contributed by atoms with Crippen molar-refractivity contribution in [1.29, 1.82) is 0 Å². The molecule has 0 bridgehead atoms. The van der Waals surface area contributed by atoms with Crippen LogP contribution in [0.25, 0.3) is 5.69 Å². The summed E-state index contributed by atoms with van der Waals surface area (Å²) in [5.41, 5.74) is 0.656. The molecule has 3 aromatic rings. The molecule has 0 saturated carbocycles. The van der Waals surface area contributed by atoms with Crippen molar-refractivity contribution in [3.63, 3.8) is 0 Å². The lowest BCUT2D eigenvalue weighted by Gasteiger charge is -2.30. The van der Waals surface area contributed by atoms with Crippen LogP contribution in [-0.4, -0.2) is 55.1 Å². The van der Waals surface area contributed by atoms with Crippen molar-refractivity contribution in [2.45, 2.75) is 51.7 Å². The quantitative estimate of drug-likeness (QED) is 0.490. The third kappa shape index (κ3) is 6.23. The lowest BCUT2D eigenvalue weighted by molar-refractivity contribution is -0.152. The third-order valence-corrected chi connectivity index (χ3v) is 5.93. The van der Waals surface area contributed by atoms with Gasteiger partial charge in [-0.3, -0.25) is 0 Å². The zero-order chi connectivity index (χ0) is 23.4. The minimum absolute atomic E-state index is 0.133. The van der Waals surface area contributed by atoms with Crippen molar-refractivity contribution in [3.05, 3.63) is 46.4 Å². The highest BCUT2D eigenvalue weighted by Gasteiger charge is 2.27. The highest BCUT2D eigenvalue weighted by molar-refractivity contribution is 7.09. The van der Waals surface area contributed by atoms with Gasteiger partial charge >= 0.3 is 6.16 Å². The summed E-state index contributed by atoms with van der Waals surface area (Å²) in [6, 6.07) is 4.53. The van der Waals surface area contributed by atoms with E-state index in [2.05, 4.69) is 20.5 Å². The molecule has 1 aromatic carbocycles. The molecule has 4 rings (SSSR count). The fourth-order valence-electron chi connectivity index (χ4n) is 3.33. The molecule has 12 heteroatoms. The molecule has 10 nitrogen and oxygen atoms in total. The van der Waals surface area contributed by atoms with Crippen LogP contribution in [-0.2, 0) is 16.2 Å². The molecule has 0 unspecified atom stereocenters. The zero-order valence-corrected chi connectivity index (χ0v) is 19.4. The summed E-state index contributed by atoms with van der Waals surface area (Å²) in [7, 11) is 0. The molecular formula is C21H25FN6O4S. The molecule has 0 spiro atoms. The maximum atomic E-state index is 14.4. The van der Waals surface area contributed by atoms with Gasteiger partial charge in [-0.2, -0.15) is 0 Å². The molecule has 0 radical (unpaired) electrons. The molecule has 1 fully saturated rings. The zero-order valence-electron chi connectivity index (χ0n) is 18.6. The maximum Gasteiger partial charge on any atom is 0.528 e. The van der Waals surface area contributed by atoms with E-state index in [1.165, 1.54) is 17.1 Å². The molecular weight excluding hydrogens is 451 g/mol. The van der Waals surface area contributed by atoms with Gasteiger partial charge in [-0.15, -0.1) is 21.5 Å². The number of hydrogen-bond acceptors (Lipinski definition) is 10. The van der Waals surface area contributed by atoms with Crippen LogP contribution in [0.2, 0.25) is 0 Å². The van der Waals surface area contributed by atoms with Crippen LogP contribution in [0.5, 0.6) is 5.75 Å². The van der Waals surface area contributed by atoms with Crippen LogP contribution < -0.4 is 4.74 Å². The van der Waals surface area contributed by atoms with Gasteiger partial charge in [0.15, 0.2) is 11.6 Å². The van der Waals surface area contributed by atoms with Crippen LogP contribution in [0, 0.1) is 5.82 Å². The highest BCUT2D eigenvalue weighted by atomic mass is 32.1. The molecule has 0 atom stereocenters. The van der Waals surface area contributed by atoms with Gasteiger partial charge in [-0.05, 0) is 56.2 Å². The molecule has 0 N–H and O–H groups in total. The molecule has 0 amide bonds. The molecule has 2 aromatic heterocycles. The van der Waals surface area contributed by atoms with E-state index in [0.717, 1.165) is 23.5 Å². The van der Waals surface area contributed by atoms with E-state index in [4.69, 9.17) is 14.3 Å². The number of thiazole rings is 1. The number of carbonyl (C=O) groups excluding carboxylic acids is 1. The fourth-order valence-corrected chi connectivity index (χ4v) is 4.30. The number of tetrazole rings is 1. The van der Waals surface area contributed by atoms with Crippen LogP contribution in [0.1, 0.15) is 50.2 Å². The van der Waals surface area contributed by atoms with E-state index in [-0.39, 0.29) is 18.3 Å². The van der Waals surface area contributed by atoms with E-state index in [1.54, 1.807) is 49.3 Å². The number of benzene rings is 1. The molecule has 3 heterocycles. The summed E-state index contributed by atoms with van der Waals surface area (Å²) in [6.07, 6.45) is 2.32. The van der Waals surface area contributed by atoms with Gasteiger partial charge < -0.3 is 14.3 Å². The number of rotatable bonds is 6. The van der Waals surface area contributed by atoms with Crippen LogP contribution in [0.4, 0.5) is 9.18 Å². The topological polar surface area (TPSA) is 104 Å². The molecule has 0 aliphatic carbocycles. The van der Waals surface area contributed by atoms with Crippen LogP contribution in [0.3, 0.4) is 0 Å². The van der Waals surface area contributed by atoms with Crippen molar-refractivity contribution in [3.8, 4) is 11.4 Å². The molecule has 1 saturated heterocycles. The number of piperidine rings is 1. The summed E-state index contributed by atoms with van der Waals surface area (Å²) in [6.45, 7) is 6.76. The Morgan fingerprint density at radius 2 is 2.06 bits per heavy atom. The number of hydroxylamine groups is 2. The Morgan fingerprint density at radius 3 is 2.73 bits per heavy atom. The molecule has 1 aliphatic rings. The normalized spacial score (nSPS) is 15.4. The Kier molecular flexibility index (Phi) is 6.84. The van der Waals surface area contributed by atoms with Gasteiger partial charge in [-0.1, -0.05) is 0 Å². The van der Waals surface area contributed by atoms with Crippen molar-refractivity contribution in [1.82, 2.24) is 30.3 Å². The predicted octanol–water partition coefficient (Wildman–Crippen LogP) is 3.88. The standard InChI is InChI=1S/C21H25FN6O4S/c1-21(2,3)31-20(29)32-27-8-6-14(7-9-27)19-24-15(12-33-19)11-30-18-5-4-16(10-17(18)22)28-13-23-25-26-28/h4-5,10,12-14H,6-9,11H2,1-3H3. The second-order valence-corrected chi connectivity index (χ2v) is 9.48. The Hall–Kier alpha value is -3.12. The SMILES string of the molecule is CC(C)(C)OC(=O)ON1CCC(c2nc(COc3ccc(-n4cnnn4)cc3F)cs2)CC1. The van der Waals surface area contributed by atoms with E-state index in [0.29, 0.717) is 18.8 Å². The molecule has 1 aliphatic heterocycles. The van der Waals surface area contributed by atoms with E-state index in [1.807, 2.05) is 5.38 Å². The summed E-state index contributed by atoms with van der Waals surface area (Å²) in [5, 5.41) is 15.4. The average Bonchev–Trinajstić information content (AvgIpc) is 3.44. The lowest BCUT2D eigenvalue weighted by Crippen LogP contribution is -2.37. The van der Waals surface area contributed by atoms with Gasteiger partial charge in [0, 0.05) is 30.5 Å². The highest BCUT2D eigenvalue weighted by Crippen LogP contribution is 2.31. The van der Waals surface area contributed by atoms with Crippen molar-refractivity contribution in [2.24, 2.45) is 0 Å². The summed E-state index contributed by atoms with van der Waals surface area (Å²) in [5.74, 6) is -0.0978. The minimum Gasteiger partial charge on any atom is -0.484 e. The smallest absolute Gasteiger partial charge is 0.484 e. The van der Waals surface area contributed by atoms with Crippen LogP contribution in [0.15, 0.2) is 29.9 Å². The lowest BCUT2D eigenvalue weighted by atomic mass is 9.99. The second kappa shape index (κ2) is 9.79. The number of halogens is 1. The second-order valence-electron chi connectivity index (χ2n) is 8.59. The predicted molar refractivity (Wildman–Crippen MR) is 116 cm³/mol. The van der Waals surface area contributed by atoms with Gasteiger partial charge in [0.1, 0.15) is 18.5 Å². The van der Waals surface area contributed by atoms with Crippen LogP contribution >= 0.6 is 11.3 Å². The number of nitrogens with zero attached hydrogens (tertiary/aromatic N) is 6. The van der Waals surface area contributed by atoms with Gasteiger partial charge in [0.05, 0.1) is 16.4 Å². The number of carbonyl (C=O) groups is 1. The summed E-state index contributed by atoms with van der Waals surface area (Å²) >= 11 is 1.56. The first-order valence-corrected chi connectivity index (χ1v) is 11.4. The Balaban J connectivity index is 1.26. The first-order chi connectivity index (χ1) is 15.8. The summed E-state index contributed by atoms with van der Waals surface area (Å²) < 4.78 is 26.6. The monoisotopic (exact) mass is 476 g/mol. The largest absolute Gasteiger partial charge is 0.528 e. The Morgan fingerprint density at radius 1 is 1.27 bits per heavy atom.